The van der Waals surface area contributed by atoms with Crippen LogP contribution >= 0.6 is 0 Å². The summed E-state index contributed by atoms with van der Waals surface area (Å²) in [6.07, 6.45) is 2.68. The van der Waals surface area contributed by atoms with Gasteiger partial charge in [-0.15, -0.1) is 0 Å². The number of carbonyl (C=O) groups excluding carboxylic acids is 3. The predicted molar refractivity (Wildman–Crippen MR) is 183 cm³/mol. The van der Waals surface area contributed by atoms with Crippen LogP contribution in [0.5, 0.6) is 5.75 Å². The Hall–Kier alpha value is -5.03. The topological polar surface area (TPSA) is 123 Å². The molecule has 0 unspecified atom stereocenters. The van der Waals surface area contributed by atoms with Gasteiger partial charge in [0.15, 0.2) is 5.78 Å². The average Bonchev–Trinajstić information content (AvgIpc) is 3.10. The van der Waals surface area contributed by atoms with Crippen LogP contribution in [0.3, 0.4) is 0 Å². The van der Waals surface area contributed by atoms with Gasteiger partial charge in [-0.05, 0) is 54.3 Å². The lowest BCUT2D eigenvalue weighted by molar-refractivity contribution is -0.115. The number of nitrogens with zero attached hydrogens (tertiary/aromatic N) is 2. The van der Waals surface area contributed by atoms with Crippen molar-refractivity contribution < 1.29 is 24.2 Å². The Labute approximate surface area is 275 Å². The van der Waals surface area contributed by atoms with Crippen LogP contribution in [-0.2, 0) is 16.1 Å². The maximum Gasteiger partial charge on any atom is 0.429 e. The molecule has 1 aliphatic heterocycles. The molecule has 1 saturated heterocycles. The van der Waals surface area contributed by atoms with Crippen molar-refractivity contribution in [1.29, 1.82) is 0 Å². The molecule has 244 valence electrons. The number of Topliss-reactive ketones (excluding diaryl/α,β-unsaturated/α-hetero) is 1. The van der Waals surface area contributed by atoms with Gasteiger partial charge in [-0.25, -0.2) is 14.8 Å². The number of ketones is 1. The van der Waals surface area contributed by atoms with Crippen LogP contribution in [0.15, 0.2) is 103 Å². The van der Waals surface area contributed by atoms with E-state index in [1.165, 1.54) is 0 Å². The highest BCUT2D eigenvalue weighted by Crippen LogP contribution is 2.33. The second-order valence-electron chi connectivity index (χ2n) is 11.3. The standard InChI is InChI=1S/C37H41N5O5/c43-32-18-16-28(17-19-32)25-39-27-36(45)40-31-13-9-12-30(24-31)35(44)26-38-20-23-47-37(46)42(41-21-7-2-8-22-41)34-15-6-5-14-33(34)29-10-3-1-4-11-29/h1,3-6,9-19,24,38-39,43H,2,7-8,20-23,25-27H2,(H,40,45). The first kappa shape index (κ1) is 33.3. The van der Waals surface area contributed by atoms with Gasteiger partial charge in [0.1, 0.15) is 12.4 Å². The number of para-hydroxylation sites is 1. The number of amides is 2. The van der Waals surface area contributed by atoms with E-state index in [0.717, 1.165) is 54.7 Å². The zero-order chi connectivity index (χ0) is 32.8. The van der Waals surface area contributed by atoms with E-state index >= 15 is 0 Å². The molecular weight excluding hydrogens is 594 g/mol. The monoisotopic (exact) mass is 635 g/mol. The average molecular weight is 636 g/mol. The lowest BCUT2D eigenvalue weighted by Crippen LogP contribution is -2.50. The minimum atomic E-state index is -0.454. The van der Waals surface area contributed by atoms with Crippen molar-refractivity contribution in [1.82, 2.24) is 15.6 Å². The first-order valence-electron chi connectivity index (χ1n) is 16.0. The van der Waals surface area contributed by atoms with Crippen molar-refractivity contribution in [3.8, 4) is 16.9 Å². The molecule has 5 rings (SSSR count). The second kappa shape index (κ2) is 17.0. The largest absolute Gasteiger partial charge is 0.508 e. The van der Waals surface area contributed by atoms with E-state index < -0.39 is 6.09 Å². The molecule has 0 saturated carbocycles. The molecule has 47 heavy (non-hydrogen) atoms. The van der Waals surface area contributed by atoms with Crippen LogP contribution in [0, 0.1) is 0 Å². The van der Waals surface area contributed by atoms with Crippen LogP contribution < -0.4 is 21.0 Å². The van der Waals surface area contributed by atoms with Gasteiger partial charge in [-0.1, -0.05) is 79.2 Å². The molecule has 10 heteroatoms. The normalized spacial score (nSPS) is 13.1. The molecular formula is C37H41N5O5. The number of aromatic hydroxyl groups is 1. The Morgan fingerprint density at radius 3 is 2.32 bits per heavy atom. The number of benzene rings is 4. The summed E-state index contributed by atoms with van der Waals surface area (Å²) in [6.45, 7) is 2.54. The molecule has 1 heterocycles. The summed E-state index contributed by atoms with van der Waals surface area (Å²) in [4.78, 5) is 38.8. The SMILES string of the molecule is O=C(CNCc1ccc(O)cc1)Nc1cccc(C(=O)CNCCOC(=O)N(c2ccccc2-c2ccccc2)N2CCCCC2)c1. The predicted octanol–water partition coefficient (Wildman–Crippen LogP) is 5.60. The molecule has 4 aromatic carbocycles. The fourth-order valence-corrected chi connectivity index (χ4v) is 5.45. The van der Waals surface area contributed by atoms with E-state index in [2.05, 4.69) is 21.0 Å². The molecule has 2 amide bonds. The second-order valence-corrected chi connectivity index (χ2v) is 11.3. The Morgan fingerprint density at radius 2 is 1.53 bits per heavy atom. The molecule has 0 aromatic heterocycles. The molecule has 4 N–H and O–H groups in total. The van der Waals surface area contributed by atoms with Crippen molar-refractivity contribution >= 4 is 29.2 Å². The van der Waals surface area contributed by atoms with E-state index in [0.29, 0.717) is 24.3 Å². The minimum absolute atomic E-state index is 0.0514. The van der Waals surface area contributed by atoms with Gasteiger partial charge in [0, 0.05) is 43.0 Å². The van der Waals surface area contributed by atoms with Gasteiger partial charge < -0.3 is 25.8 Å². The van der Waals surface area contributed by atoms with Crippen LogP contribution in [0.25, 0.3) is 11.1 Å². The van der Waals surface area contributed by atoms with Crippen molar-refractivity contribution in [3.63, 3.8) is 0 Å². The summed E-state index contributed by atoms with van der Waals surface area (Å²) < 4.78 is 5.73. The van der Waals surface area contributed by atoms with E-state index in [1.807, 2.05) is 54.6 Å². The van der Waals surface area contributed by atoms with Gasteiger partial charge in [0.2, 0.25) is 5.91 Å². The molecule has 4 aromatic rings. The number of hydrogen-bond acceptors (Lipinski definition) is 8. The maximum absolute atomic E-state index is 13.5. The van der Waals surface area contributed by atoms with E-state index in [-0.39, 0.29) is 37.1 Å². The third-order valence-electron chi connectivity index (χ3n) is 7.81. The van der Waals surface area contributed by atoms with Gasteiger partial charge in [-0.3, -0.25) is 9.59 Å². The Morgan fingerprint density at radius 1 is 0.787 bits per heavy atom. The minimum Gasteiger partial charge on any atom is -0.508 e. The van der Waals surface area contributed by atoms with Crippen LogP contribution in [-0.4, -0.2) is 67.2 Å². The zero-order valence-electron chi connectivity index (χ0n) is 26.4. The number of nitrogens with one attached hydrogen (secondary N) is 3. The highest BCUT2D eigenvalue weighted by Gasteiger charge is 2.28. The number of anilines is 2. The number of piperidine rings is 1. The van der Waals surface area contributed by atoms with Crippen molar-refractivity contribution in [2.45, 2.75) is 25.8 Å². The molecule has 10 nitrogen and oxygen atoms in total. The Bertz CT molecular complexity index is 1620. The van der Waals surface area contributed by atoms with Gasteiger partial charge in [0.25, 0.3) is 0 Å². The maximum atomic E-state index is 13.5. The number of carbonyl (C=O) groups is 3. The van der Waals surface area contributed by atoms with Crippen LogP contribution in [0.1, 0.15) is 35.2 Å². The Kier molecular flexibility index (Phi) is 12.1. The Balaban J connectivity index is 1.10. The van der Waals surface area contributed by atoms with Crippen LogP contribution in [0.2, 0.25) is 0 Å². The molecule has 0 spiro atoms. The van der Waals surface area contributed by atoms with E-state index in [9.17, 15) is 19.5 Å². The van der Waals surface area contributed by atoms with Crippen molar-refractivity contribution in [2.75, 3.05) is 49.7 Å². The molecule has 0 bridgehead atoms. The number of hydrazine groups is 1. The third-order valence-corrected chi connectivity index (χ3v) is 7.81. The fraction of sp³-hybridized carbons (Fsp3) is 0.270. The summed E-state index contributed by atoms with van der Waals surface area (Å²) in [5.41, 5.74) is 4.66. The van der Waals surface area contributed by atoms with Gasteiger partial charge in [-0.2, -0.15) is 0 Å². The summed E-state index contributed by atoms with van der Waals surface area (Å²) in [5, 5.41) is 22.0. The summed E-state index contributed by atoms with van der Waals surface area (Å²) >= 11 is 0. The third kappa shape index (κ3) is 9.73. The first-order valence-corrected chi connectivity index (χ1v) is 16.0. The molecule has 0 atom stereocenters. The summed E-state index contributed by atoms with van der Waals surface area (Å²) in [6, 6.07) is 31.4. The zero-order valence-corrected chi connectivity index (χ0v) is 26.4. The molecule has 0 aliphatic carbocycles. The highest BCUT2D eigenvalue weighted by atomic mass is 16.6. The van der Waals surface area contributed by atoms with E-state index in [4.69, 9.17) is 4.74 Å². The molecule has 0 radical (unpaired) electrons. The van der Waals surface area contributed by atoms with Gasteiger partial charge in [0.05, 0.1) is 18.8 Å². The number of ether oxygens (including phenoxy) is 1. The summed E-state index contributed by atoms with van der Waals surface area (Å²) in [7, 11) is 0. The number of rotatable bonds is 14. The molecule has 1 fully saturated rings. The lowest BCUT2D eigenvalue weighted by Gasteiger charge is -2.37. The smallest absolute Gasteiger partial charge is 0.429 e. The first-order chi connectivity index (χ1) is 23.0. The fourth-order valence-electron chi connectivity index (χ4n) is 5.45. The number of phenols is 1. The number of hydrogen-bond donors (Lipinski definition) is 4. The highest BCUT2D eigenvalue weighted by molar-refractivity contribution is 6.00. The lowest BCUT2D eigenvalue weighted by atomic mass is 10.0. The number of phenolic OH excluding ortho intramolecular Hbond substituents is 1. The quantitative estimate of drug-likeness (QED) is 0.104. The molecule has 1 aliphatic rings. The van der Waals surface area contributed by atoms with Crippen molar-refractivity contribution in [3.05, 3.63) is 114 Å². The van der Waals surface area contributed by atoms with E-state index in [1.54, 1.807) is 53.5 Å². The summed E-state index contributed by atoms with van der Waals surface area (Å²) in [5.74, 6) is -0.196. The van der Waals surface area contributed by atoms with Crippen LogP contribution in [0.4, 0.5) is 16.2 Å². The van der Waals surface area contributed by atoms with Gasteiger partial charge >= 0.3 is 6.09 Å². The van der Waals surface area contributed by atoms with Crippen molar-refractivity contribution in [2.24, 2.45) is 0 Å².